The first-order valence-electron chi connectivity index (χ1n) is 6.37. The van der Waals surface area contributed by atoms with E-state index in [1.807, 2.05) is 12.1 Å². The number of benzene rings is 1. The maximum Gasteiger partial charge on any atom is 0.0894 e. The first-order valence-corrected chi connectivity index (χ1v) is 6.37. The first-order chi connectivity index (χ1) is 8.22. The predicted molar refractivity (Wildman–Crippen MR) is 70.0 cm³/mol. The highest BCUT2D eigenvalue weighted by Crippen LogP contribution is 2.22. The Hall–Kier alpha value is -0.900. The van der Waals surface area contributed by atoms with Gasteiger partial charge in [0.2, 0.25) is 0 Å². The summed E-state index contributed by atoms with van der Waals surface area (Å²) in [6, 6.07) is 8.28. The number of hydrogen-bond donors (Lipinski definition) is 1. The number of morpholine rings is 1. The van der Waals surface area contributed by atoms with E-state index >= 15 is 0 Å². The van der Waals surface area contributed by atoms with Gasteiger partial charge in [-0.15, -0.1) is 0 Å². The number of nitrogens with zero attached hydrogens (tertiary/aromatic N) is 1. The van der Waals surface area contributed by atoms with Gasteiger partial charge in [-0.2, -0.15) is 0 Å². The summed E-state index contributed by atoms with van der Waals surface area (Å²) >= 11 is 0. The van der Waals surface area contributed by atoms with Gasteiger partial charge in [-0.3, -0.25) is 4.90 Å². The first kappa shape index (κ1) is 12.6. The molecule has 1 aliphatic heterocycles. The van der Waals surface area contributed by atoms with Crippen LogP contribution in [0.15, 0.2) is 24.3 Å². The molecule has 2 N–H and O–H groups in total. The largest absolute Gasteiger partial charge is 0.374 e. The molecule has 17 heavy (non-hydrogen) atoms. The number of ether oxygens (including phenoxy) is 1. The lowest BCUT2D eigenvalue weighted by molar-refractivity contribution is -0.0393. The van der Waals surface area contributed by atoms with Crippen LogP contribution in [-0.4, -0.2) is 37.2 Å². The summed E-state index contributed by atoms with van der Waals surface area (Å²) in [6.07, 6.45) is 0.116. The molecule has 1 saturated heterocycles. The molecule has 3 heteroatoms. The van der Waals surface area contributed by atoms with Crippen LogP contribution in [0.2, 0.25) is 0 Å². The van der Waals surface area contributed by atoms with Gasteiger partial charge < -0.3 is 10.5 Å². The van der Waals surface area contributed by atoms with Gasteiger partial charge in [0.15, 0.2) is 0 Å². The van der Waals surface area contributed by atoms with E-state index in [2.05, 4.69) is 30.9 Å². The molecule has 1 aromatic rings. The van der Waals surface area contributed by atoms with E-state index in [4.69, 9.17) is 10.5 Å². The van der Waals surface area contributed by atoms with Gasteiger partial charge in [0.1, 0.15) is 0 Å². The van der Waals surface area contributed by atoms with Gasteiger partial charge in [0.05, 0.1) is 18.8 Å². The lowest BCUT2D eigenvalue weighted by Gasteiger charge is -2.35. The fourth-order valence-electron chi connectivity index (χ4n) is 2.40. The zero-order valence-corrected chi connectivity index (χ0v) is 10.7. The third-order valence-corrected chi connectivity index (χ3v) is 3.57. The van der Waals surface area contributed by atoms with Gasteiger partial charge in [0, 0.05) is 13.1 Å². The number of likely N-dealkylation sites (N-methyl/N-ethyl adjacent to an activating group) is 1. The highest BCUT2D eigenvalue weighted by Gasteiger charge is 2.26. The van der Waals surface area contributed by atoms with E-state index in [0.29, 0.717) is 0 Å². The fourth-order valence-corrected chi connectivity index (χ4v) is 2.40. The Kier molecular flexibility index (Phi) is 4.15. The number of hydrogen-bond acceptors (Lipinski definition) is 3. The second kappa shape index (κ2) is 5.63. The molecule has 1 aliphatic rings. The summed E-state index contributed by atoms with van der Waals surface area (Å²) in [5.41, 5.74) is 8.79. The standard InChI is InChI=1S/C14H22N2O/c1-3-16-8-9-17-13(10-16)14(15)12-7-5-4-6-11(12)2/h4-7,13-14H,3,8-10,15H2,1-2H3. The van der Waals surface area contributed by atoms with Crippen molar-refractivity contribution in [3.63, 3.8) is 0 Å². The van der Waals surface area contributed by atoms with E-state index in [9.17, 15) is 0 Å². The van der Waals surface area contributed by atoms with Crippen LogP contribution in [0.1, 0.15) is 24.1 Å². The van der Waals surface area contributed by atoms with Crippen LogP contribution < -0.4 is 5.73 Å². The summed E-state index contributed by atoms with van der Waals surface area (Å²) in [6.45, 7) is 8.11. The molecule has 2 atom stereocenters. The van der Waals surface area contributed by atoms with Gasteiger partial charge in [-0.25, -0.2) is 0 Å². The average Bonchev–Trinajstić information content (AvgIpc) is 2.38. The molecule has 0 spiro atoms. The second-order valence-electron chi connectivity index (χ2n) is 4.68. The second-order valence-corrected chi connectivity index (χ2v) is 4.68. The van der Waals surface area contributed by atoms with E-state index in [-0.39, 0.29) is 12.1 Å². The molecular formula is C14H22N2O. The quantitative estimate of drug-likeness (QED) is 0.865. The molecular weight excluding hydrogens is 212 g/mol. The van der Waals surface area contributed by atoms with E-state index in [1.165, 1.54) is 11.1 Å². The molecule has 0 radical (unpaired) electrons. The van der Waals surface area contributed by atoms with Crippen molar-refractivity contribution in [2.24, 2.45) is 5.73 Å². The third-order valence-electron chi connectivity index (χ3n) is 3.57. The van der Waals surface area contributed by atoms with Crippen LogP contribution in [0.5, 0.6) is 0 Å². The molecule has 2 rings (SSSR count). The Morgan fingerprint density at radius 2 is 2.24 bits per heavy atom. The molecule has 0 aromatic heterocycles. The van der Waals surface area contributed by atoms with Crippen LogP contribution in [-0.2, 0) is 4.74 Å². The van der Waals surface area contributed by atoms with Crippen molar-refractivity contribution in [3.8, 4) is 0 Å². The highest BCUT2D eigenvalue weighted by molar-refractivity contribution is 5.29. The highest BCUT2D eigenvalue weighted by atomic mass is 16.5. The van der Waals surface area contributed by atoms with Crippen LogP contribution in [0, 0.1) is 6.92 Å². The topological polar surface area (TPSA) is 38.5 Å². The Morgan fingerprint density at radius 1 is 1.47 bits per heavy atom. The predicted octanol–water partition coefficient (Wildman–Crippen LogP) is 1.72. The van der Waals surface area contributed by atoms with Crippen LogP contribution in [0.4, 0.5) is 0 Å². The van der Waals surface area contributed by atoms with Gasteiger partial charge >= 0.3 is 0 Å². The lowest BCUT2D eigenvalue weighted by Crippen LogP contribution is -2.46. The number of nitrogens with two attached hydrogens (primary N) is 1. The van der Waals surface area contributed by atoms with Crippen molar-refractivity contribution in [2.45, 2.75) is 26.0 Å². The van der Waals surface area contributed by atoms with Crippen molar-refractivity contribution in [2.75, 3.05) is 26.2 Å². The molecule has 0 saturated carbocycles. The summed E-state index contributed by atoms with van der Waals surface area (Å²) in [7, 11) is 0. The summed E-state index contributed by atoms with van der Waals surface area (Å²) < 4.78 is 5.81. The minimum atomic E-state index is -0.0226. The molecule has 2 unspecified atom stereocenters. The zero-order valence-electron chi connectivity index (χ0n) is 10.7. The molecule has 0 amide bonds. The molecule has 1 fully saturated rings. The third kappa shape index (κ3) is 2.86. The van der Waals surface area contributed by atoms with E-state index in [1.54, 1.807) is 0 Å². The Morgan fingerprint density at radius 3 is 2.94 bits per heavy atom. The van der Waals surface area contributed by atoms with Gasteiger partial charge in [0.25, 0.3) is 0 Å². The van der Waals surface area contributed by atoms with Crippen molar-refractivity contribution in [3.05, 3.63) is 35.4 Å². The number of rotatable bonds is 3. The maximum atomic E-state index is 6.34. The zero-order chi connectivity index (χ0) is 12.3. The Labute approximate surface area is 104 Å². The summed E-state index contributed by atoms with van der Waals surface area (Å²) in [5.74, 6) is 0. The lowest BCUT2D eigenvalue weighted by atomic mass is 9.97. The molecule has 1 aromatic carbocycles. The fraction of sp³-hybridized carbons (Fsp3) is 0.571. The van der Waals surface area contributed by atoms with Crippen molar-refractivity contribution < 1.29 is 4.74 Å². The van der Waals surface area contributed by atoms with Crippen LogP contribution in [0.25, 0.3) is 0 Å². The smallest absolute Gasteiger partial charge is 0.0894 e. The summed E-state index contributed by atoms with van der Waals surface area (Å²) in [4.78, 5) is 2.40. The van der Waals surface area contributed by atoms with Crippen molar-refractivity contribution in [1.29, 1.82) is 0 Å². The van der Waals surface area contributed by atoms with Gasteiger partial charge in [-0.1, -0.05) is 31.2 Å². The minimum Gasteiger partial charge on any atom is -0.374 e. The van der Waals surface area contributed by atoms with Crippen LogP contribution >= 0.6 is 0 Å². The van der Waals surface area contributed by atoms with Gasteiger partial charge in [-0.05, 0) is 24.6 Å². The van der Waals surface area contributed by atoms with Crippen molar-refractivity contribution in [1.82, 2.24) is 4.90 Å². The van der Waals surface area contributed by atoms with Crippen molar-refractivity contribution >= 4 is 0 Å². The van der Waals surface area contributed by atoms with E-state index < -0.39 is 0 Å². The van der Waals surface area contributed by atoms with Crippen LogP contribution in [0.3, 0.4) is 0 Å². The molecule has 94 valence electrons. The monoisotopic (exact) mass is 234 g/mol. The summed E-state index contributed by atoms with van der Waals surface area (Å²) in [5, 5.41) is 0. The molecule has 1 heterocycles. The minimum absolute atomic E-state index is 0.0226. The average molecular weight is 234 g/mol. The molecule has 0 aliphatic carbocycles. The SMILES string of the molecule is CCN1CCOC(C(N)c2ccccc2C)C1. The number of aryl methyl sites for hydroxylation is 1. The Bertz CT molecular complexity index is 367. The van der Waals surface area contributed by atoms with E-state index in [0.717, 1.165) is 26.2 Å². The Balaban J connectivity index is 2.09. The maximum absolute atomic E-state index is 6.34. The normalized spacial score (nSPS) is 23.6. The molecule has 0 bridgehead atoms. The molecule has 3 nitrogen and oxygen atoms in total.